The molecule has 1 aliphatic rings. The van der Waals surface area contributed by atoms with Crippen LogP contribution in [0.2, 0.25) is 0 Å². The van der Waals surface area contributed by atoms with Crippen molar-refractivity contribution in [3.8, 4) is 0 Å². The zero-order valence-corrected chi connectivity index (χ0v) is 17.0. The molecular weight excluding hydrogens is 348 g/mol. The monoisotopic (exact) mass is 380 g/mol. The fourth-order valence-electron chi connectivity index (χ4n) is 3.07. The average molecular weight is 381 g/mol. The lowest BCUT2D eigenvalue weighted by atomic mass is 10.1. The number of aromatic nitrogens is 1. The van der Waals surface area contributed by atoms with E-state index >= 15 is 0 Å². The largest absolute Gasteiger partial charge is 0.357 e. The first-order chi connectivity index (χ1) is 12.6. The topological polar surface area (TPSA) is 81.7 Å². The van der Waals surface area contributed by atoms with Crippen molar-refractivity contribution in [2.75, 3.05) is 39.3 Å². The summed E-state index contributed by atoms with van der Waals surface area (Å²) in [6.45, 7) is 11.5. The molecule has 2 rings (SSSR count). The van der Waals surface area contributed by atoms with E-state index in [0.717, 1.165) is 44.1 Å². The molecule has 0 saturated carbocycles. The van der Waals surface area contributed by atoms with Gasteiger partial charge in [-0.15, -0.1) is 11.3 Å². The molecule has 146 valence electrons. The average Bonchev–Trinajstić information content (AvgIpc) is 3.06. The number of carbonyl (C=O) groups is 1. The molecular formula is C18H32N6OS. The summed E-state index contributed by atoms with van der Waals surface area (Å²) in [6.07, 6.45) is 3.51. The highest BCUT2D eigenvalue weighted by atomic mass is 32.1. The quantitative estimate of drug-likeness (QED) is 0.363. The van der Waals surface area contributed by atoms with Crippen molar-refractivity contribution in [1.82, 2.24) is 25.8 Å². The van der Waals surface area contributed by atoms with Crippen LogP contribution in [0.25, 0.3) is 0 Å². The van der Waals surface area contributed by atoms with Crippen LogP contribution in [0.15, 0.2) is 10.5 Å². The van der Waals surface area contributed by atoms with Gasteiger partial charge in [-0.05, 0) is 39.7 Å². The number of hydrogen-bond acceptors (Lipinski definition) is 5. The highest BCUT2D eigenvalue weighted by molar-refractivity contribution is 7.11. The minimum Gasteiger partial charge on any atom is -0.357 e. The fourth-order valence-corrected chi connectivity index (χ4v) is 3.79. The first kappa shape index (κ1) is 20.6. The SMILES string of the molecule is CCCN1CCC(NC(=NCCNC(=O)c2scnc2C)NCC)CC1. The van der Waals surface area contributed by atoms with Crippen LogP contribution in [-0.2, 0) is 0 Å². The van der Waals surface area contributed by atoms with Gasteiger partial charge < -0.3 is 20.9 Å². The molecule has 1 aromatic heterocycles. The highest BCUT2D eigenvalue weighted by Gasteiger charge is 2.19. The number of piperidine rings is 1. The minimum absolute atomic E-state index is 0.0681. The normalized spacial score (nSPS) is 16.5. The van der Waals surface area contributed by atoms with Crippen LogP contribution in [-0.4, -0.2) is 67.1 Å². The molecule has 0 unspecified atom stereocenters. The molecule has 8 heteroatoms. The lowest BCUT2D eigenvalue weighted by Gasteiger charge is -2.32. The van der Waals surface area contributed by atoms with E-state index in [2.05, 4.69) is 44.7 Å². The molecule has 0 spiro atoms. The van der Waals surface area contributed by atoms with Gasteiger partial charge in [-0.2, -0.15) is 0 Å². The summed E-state index contributed by atoms with van der Waals surface area (Å²) in [7, 11) is 0. The van der Waals surface area contributed by atoms with E-state index < -0.39 is 0 Å². The third kappa shape index (κ3) is 6.57. The Morgan fingerprint density at radius 1 is 1.35 bits per heavy atom. The number of nitrogens with one attached hydrogen (secondary N) is 3. The summed E-state index contributed by atoms with van der Waals surface area (Å²) in [4.78, 5) is 24.0. The first-order valence-electron chi connectivity index (χ1n) is 9.59. The Kier molecular flexibility index (Phi) is 8.84. The first-order valence-corrected chi connectivity index (χ1v) is 10.5. The van der Waals surface area contributed by atoms with Crippen molar-refractivity contribution in [1.29, 1.82) is 0 Å². The Morgan fingerprint density at radius 3 is 2.73 bits per heavy atom. The van der Waals surface area contributed by atoms with Crippen LogP contribution in [0.1, 0.15) is 48.5 Å². The second-order valence-electron chi connectivity index (χ2n) is 6.54. The van der Waals surface area contributed by atoms with Gasteiger partial charge in [-0.3, -0.25) is 9.79 Å². The summed E-state index contributed by atoms with van der Waals surface area (Å²) in [6, 6.07) is 0.468. The maximum absolute atomic E-state index is 12.1. The molecule has 1 aromatic rings. The summed E-state index contributed by atoms with van der Waals surface area (Å²) >= 11 is 1.37. The molecule has 0 atom stereocenters. The smallest absolute Gasteiger partial charge is 0.263 e. The molecule has 7 nitrogen and oxygen atoms in total. The van der Waals surface area contributed by atoms with Gasteiger partial charge >= 0.3 is 0 Å². The predicted octanol–water partition coefficient (Wildman–Crippen LogP) is 1.61. The molecule has 0 aromatic carbocycles. The second-order valence-corrected chi connectivity index (χ2v) is 7.40. The van der Waals surface area contributed by atoms with Crippen molar-refractivity contribution in [3.63, 3.8) is 0 Å². The lowest BCUT2D eigenvalue weighted by molar-refractivity contribution is 0.0958. The number of nitrogens with zero attached hydrogens (tertiary/aromatic N) is 3. The number of likely N-dealkylation sites (tertiary alicyclic amines) is 1. The van der Waals surface area contributed by atoms with E-state index in [9.17, 15) is 4.79 Å². The number of hydrogen-bond donors (Lipinski definition) is 3. The van der Waals surface area contributed by atoms with Gasteiger partial charge in [0.1, 0.15) is 4.88 Å². The maximum atomic E-state index is 12.1. The summed E-state index contributed by atoms with van der Waals surface area (Å²) in [5.74, 6) is 0.770. The van der Waals surface area contributed by atoms with E-state index in [1.807, 2.05) is 6.92 Å². The third-order valence-corrected chi connectivity index (χ3v) is 5.36. The number of amides is 1. The van der Waals surface area contributed by atoms with Crippen molar-refractivity contribution in [2.45, 2.75) is 46.1 Å². The van der Waals surface area contributed by atoms with Crippen molar-refractivity contribution in [2.24, 2.45) is 4.99 Å². The number of thiazole rings is 1. The predicted molar refractivity (Wildman–Crippen MR) is 108 cm³/mol. The molecule has 1 fully saturated rings. The van der Waals surface area contributed by atoms with E-state index in [4.69, 9.17) is 0 Å². The second kappa shape index (κ2) is 11.1. The number of aryl methyl sites for hydroxylation is 1. The molecule has 26 heavy (non-hydrogen) atoms. The van der Waals surface area contributed by atoms with Gasteiger partial charge in [0.2, 0.25) is 0 Å². The minimum atomic E-state index is -0.0681. The molecule has 0 aliphatic carbocycles. The van der Waals surface area contributed by atoms with Gasteiger partial charge in [-0.1, -0.05) is 6.92 Å². The number of guanidine groups is 1. The summed E-state index contributed by atoms with van der Waals surface area (Å²) < 4.78 is 0. The standard InChI is InChI=1S/C18H32N6OS/c1-4-10-24-11-6-15(7-12-24)23-18(19-5-2)21-9-8-20-17(25)16-14(3)22-13-26-16/h13,15H,4-12H2,1-3H3,(H,20,25)(H2,19,21,23). The highest BCUT2D eigenvalue weighted by Crippen LogP contribution is 2.11. The van der Waals surface area contributed by atoms with Crippen molar-refractivity contribution >= 4 is 23.2 Å². The molecule has 3 N–H and O–H groups in total. The Bertz CT molecular complexity index is 580. The zero-order chi connectivity index (χ0) is 18.8. The Balaban J connectivity index is 1.74. The van der Waals surface area contributed by atoms with Crippen LogP contribution in [0, 0.1) is 6.92 Å². The molecule has 0 radical (unpaired) electrons. The number of carbonyl (C=O) groups excluding carboxylic acids is 1. The molecule has 1 amide bonds. The molecule has 2 heterocycles. The van der Waals surface area contributed by atoms with Gasteiger partial charge in [-0.25, -0.2) is 4.98 Å². The third-order valence-electron chi connectivity index (χ3n) is 4.43. The Labute approximate surface area is 160 Å². The number of aliphatic imine (C=N–C) groups is 1. The summed E-state index contributed by atoms with van der Waals surface area (Å²) in [5.41, 5.74) is 2.47. The zero-order valence-electron chi connectivity index (χ0n) is 16.2. The van der Waals surface area contributed by atoms with E-state index in [-0.39, 0.29) is 5.91 Å². The van der Waals surface area contributed by atoms with Crippen molar-refractivity contribution < 1.29 is 4.79 Å². The molecule has 1 aliphatic heterocycles. The van der Waals surface area contributed by atoms with Crippen LogP contribution in [0.4, 0.5) is 0 Å². The molecule has 1 saturated heterocycles. The van der Waals surface area contributed by atoms with Crippen molar-refractivity contribution in [3.05, 3.63) is 16.1 Å². The van der Waals surface area contributed by atoms with Gasteiger partial charge in [0.15, 0.2) is 5.96 Å². The van der Waals surface area contributed by atoms with Crippen LogP contribution < -0.4 is 16.0 Å². The van der Waals surface area contributed by atoms with Crippen LogP contribution >= 0.6 is 11.3 Å². The van der Waals surface area contributed by atoms with E-state index in [1.165, 1.54) is 24.3 Å². The molecule has 0 bridgehead atoms. The van der Waals surface area contributed by atoms with E-state index in [0.29, 0.717) is 24.0 Å². The summed E-state index contributed by atoms with van der Waals surface area (Å²) in [5, 5.41) is 9.74. The van der Waals surface area contributed by atoms with E-state index in [1.54, 1.807) is 5.51 Å². The van der Waals surface area contributed by atoms with Gasteiger partial charge in [0.05, 0.1) is 17.7 Å². The van der Waals surface area contributed by atoms with Crippen LogP contribution in [0.3, 0.4) is 0 Å². The Morgan fingerprint density at radius 2 is 2.12 bits per heavy atom. The number of rotatable bonds is 8. The maximum Gasteiger partial charge on any atom is 0.263 e. The Hall–Kier alpha value is -1.67. The lowest BCUT2D eigenvalue weighted by Crippen LogP contribution is -2.49. The fraction of sp³-hybridized carbons (Fsp3) is 0.722. The van der Waals surface area contributed by atoms with Crippen LogP contribution in [0.5, 0.6) is 0 Å². The van der Waals surface area contributed by atoms with Gasteiger partial charge in [0.25, 0.3) is 5.91 Å². The van der Waals surface area contributed by atoms with Gasteiger partial charge in [0, 0.05) is 32.2 Å².